The van der Waals surface area contributed by atoms with E-state index in [2.05, 4.69) is 15.7 Å². The zero-order valence-corrected chi connectivity index (χ0v) is 15.7. The second-order valence-corrected chi connectivity index (χ2v) is 7.46. The highest BCUT2D eigenvalue weighted by Gasteiger charge is 2.49. The predicted molar refractivity (Wildman–Crippen MR) is 102 cm³/mol. The summed E-state index contributed by atoms with van der Waals surface area (Å²) in [7, 11) is 0. The normalized spacial score (nSPS) is 22.5. The number of imide groups is 1. The van der Waals surface area contributed by atoms with E-state index < -0.39 is 23.4 Å². The molecule has 2 heterocycles. The fourth-order valence-corrected chi connectivity index (χ4v) is 3.99. The molecule has 0 spiro atoms. The first-order valence-corrected chi connectivity index (χ1v) is 9.52. The molecular weight excluding hydrogens is 358 g/mol. The summed E-state index contributed by atoms with van der Waals surface area (Å²) in [5.41, 5.74) is -0.500. The van der Waals surface area contributed by atoms with Crippen molar-refractivity contribution in [3.05, 3.63) is 48.2 Å². The van der Waals surface area contributed by atoms with E-state index in [0.29, 0.717) is 11.4 Å². The lowest BCUT2D eigenvalue weighted by molar-refractivity contribution is -0.133. The number of urea groups is 1. The molecule has 1 saturated heterocycles. The Hall–Kier alpha value is -3.16. The van der Waals surface area contributed by atoms with Crippen LogP contribution in [-0.4, -0.2) is 39.1 Å². The molecule has 4 amide bonds. The lowest BCUT2D eigenvalue weighted by Crippen LogP contribution is -2.42. The first-order chi connectivity index (χ1) is 13.5. The molecule has 2 aliphatic rings. The van der Waals surface area contributed by atoms with Crippen LogP contribution >= 0.6 is 0 Å². The summed E-state index contributed by atoms with van der Waals surface area (Å²) >= 11 is 0. The van der Waals surface area contributed by atoms with Gasteiger partial charge in [-0.1, -0.05) is 43.2 Å². The van der Waals surface area contributed by atoms with Gasteiger partial charge >= 0.3 is 6.03 Å². The van der Waals surface area contributed by atoms with Crippen LogP contribution in [0.2, 0.25) is 0 Å². The number of rotatable bonds is 5. The fraction of sp³-hybridized carbons (Fsp3) is 0.400. The van der Waals surface area contributed by atoms with Crippen LogP contribution in [0.15, 0.2) is 42.6 Å². The minimum absolute atomic E-state index is 0.281. The lowest BCUT2D eigenvalue weighted by Gasteiger charge is -2.22. The van der Waals surface area contributed by atoms with Gasteiger partial charge in [-0.05, 0) is 25.3 Å². The zero-order chi connectivity index (χ0) is 19.7. The van der Waals surface area contributed by atoms with E-state index in [-0.39, 0.29) is 12.6 Å². The van der Waals surface area contributed by atoms with E-state index in [9.17, 15) is 14.4 Å². The largest absolute Gasteiger partial charge is 0.325 e. The summed E-state index contributed by atoms with van der Waals surface area (Å²) in [5, 5.41) is 9.81. The van der Waals surface area contributed by atoms with Gasteiger partial charge in [0.1, 0.15) is 17.9 Å². The van der Waals surface area contributed by atoms with Crippen molar-refractivity contribution in [3.63, 3.8) is 0 Å². The Labute approximate surface area is 162 Å². The van der Waals surface area contributed by atoms with E-state index in [4.69, 9.17) is 0 Å². The van der Waals surface area contributed by atoms with E-state index in [1.165, 1.54) is 0 Å². The Bertz CT molecular complexity index is 904. The highest BCUT2D eigenvalue weighted by molar-refractivity contribution is 6.10. The second-order valence-electron chi connectivity index (χ2n) is 7.46. The van der Waals surface area contributed by atoms with E-state index >= 15 is 0 Å². The number of carbonyl (C=O) groups is 3. The highest BCUT2D eigenvalue weighted by Crippen LogP contribution is 2.31. The molecule has 28 heavy (non-hydrogen) atoms. The van der Waals surface area contributed by atoms with Crippen LogP contribution in [0.4, 0.5) is 10.6 Å². The molecule has 4 rings (SSSR count). The van der Waals surface area contributed by atoms with Gasteiger partial charge in [-0.2, -0.15) is 5.10 Å². The molecule has 1 aliphatic carbocycles. The summed E-state index contributed by atoms with van der Waals surface area (Å²) in [6, 6.07) is 10.4. The van der Waals surface area contributed by atoms with Crippen LogP contribution in [0.3, 0.4) is 0 Å². The van der Waals surface area contributed by atoms with Crippen molar-refractivity contribution in [1.82, 2.24) is 20.0 Å². The summed E-state index contributed by atoms with van der Waals surface area (Å²) in [6.07, 6.45) is 6.02. The molecule has 2 aromatic rings. The maximum absolute atomic E-state index is 12.9. The van der Waals surface area contributed by atoms with Gasteiger partial charge < -0.3 is 10.6 Å². The van der Waals surface area contributed by atoms with Crippen molar-refractivity contribution < 1.29 is 14.4 Å². The Kier molecular flexibility index (Phi) is 4.62. The van der Waals surface area contributed by atoms with E-state index in [1.54, 1.807) is 43.5 Å². The van der Waals surface area contributed by atoms with Crippen LogP contribution in [0, 0.1) is 0 Å². The quantitative estimate of drug-likeness (QED) is 0.778. The molecule has 0 unspecified atom stereocenters. The van der Waals surface area contributed by atoms with Crippen molar-refractivity contribution in [2.24, 2.45) is 0 Å². The molecule has 2 N–H and O–H groups in total. The monoisotopic (exact) mass is 381 g/mol. The molecule has 1 aromatic carbocycles. The number of anilines is 1. The van der Waals surface area contributed by atoms with Crippen LogP contribution in [0.5, 0.6) is 0 Å². The van der Waals surface area contributed by atoms with Gasteiger partial charge in [0.2, 0.25) is 5.91 Å². The number of hydrogen-bond donors (Lipinski definition) is 2. The van der Waals surface area contributed by atoms with Crippen LogP contribution < -0.4 is 10.6 Å². The topological polar surface area (TPSA) is 96.3 Å². The van der Waals surface area contributed by atoms with Crippen molar-refractivity contribution in [3.8, 4) is 0 Å². The van der Waals surface area contributed by atoms with Crippen molar-refractivity contribution >= 4 is 23.7 Å². The minimum atomic E-state index is -1.18. The Morgan fingerprint density at radius 3 is 2.64 bits per heavy atom. The number of aromatic nitrogens is 2. The standard InChI is InChI=1S/C20H23N5O3/c1-20(14-7-3-2-4-8-14)18(27)24(19(28)23-20)13-17(26)22-16-11-12-21-25(16)15-9-5-6-10-15/h2-4,7-8,11-12,15H,5-6,9-10,13H2,1H3,(H,22,26)(H,23,28)/t20-/m0/s1. The smallest absolute Gasteiger partial charge is 0.319 e. The molecule has 1 atom stereocenters. The third-order valence-electron chi connectivity index (χ3n) is 5.54. The number of nitrogens with zero attached hydrogens (tertiary/aromatic N) is 3. The van der Waals surface area contributed by atoms with Gasteiger partial charge in [-0.3, -0.25) is 14.5 Å². The summed E-state index contributed by atoms with van der Waals surface area (Å²) in [6.45, 7) is 1.30. The third-order valence-corrected chi connectivity index (χ3v) is 5.54. The second kappa shape index (κ2) is 7.10. The number of hydrogen-bond acceptors (Lipinski definition) is 4. The number of benzene rings is 1. The third kappa shape index (κ3) is 3.15. The predicted octanol–water partition coefficient (Wildman–Crippen LogP) is 2.40. The van der Waals surface area contributed by atoms with Crippen LogP contribution in [0.1, 0.15) is 44.2 Å². The molecule has 0 radical (unpaired) electrons. The number of carbonyl (C=O) groups excluding carboxylic acids is 3. The van der Waals surface area contributed by atoms with Gasteiger partial charge in [0.05, 0.1) is 12.2 Å². The number of nitrogens with one attached hydrogen (secondary N) is 2. The van der Waals surface area contributed by atoms with Gasteiger partial charge in [0.15, 0.2) is 0 Å². The maximum atomic E-state index is 12.9. The molecule has 146 valence electrons. The van der Waals surface area contributed by atoms with Gasteiger partial charge in [-0.15, -0.1) is 0 Å². The summed E-state index contributed by atoms with van der Waals surface area (Å²) in [4.78, 5) is 38.8. The first-order valence-electron chi connectivity index (χ1n) is 9.52. The van der Waals surface area contributed by atoms with Crippen LogP contribution in [-0.2, 0) is 15.1 Å². The molecule has 1 saturated carbocycles. The fourth-order valence-electron chi connectivity index (χ4n) is 3.99. The zero-order valence-electron chi connectivity index (χ0n) is 15.7. The first kappa shape index (κ1) is 18.2. The molecule has 1 aromatic heterocycles. The molecule has 2 fully saturated rings. The summed E-state index contributed by atoms with van der Waals surface area (Å²) in [5.74, 6) is -0.279. The lowest BCUT2D eigenvalue weighted by atomic mass is 9.92. The maximum Gasteiger partial charge on any atom is 0.325 e. The van der Waals surface area contributed by atoms with Gasteiger partial charge in [0, 0.05) is 6.07 Å². The highest BCUT2D eigenvalue weighted by atomic mass is 16.2. The van der Waals surface area contributed by atoms with Gasteiger partial charge in [-0.25, -0.2) is 9.48 Å². The molecule has 8 heteroatoms. The Morgan fingerprint density at radius 2 is 1.93 bits per heavy atom. The van der Waals surface area contributed by atoms with Gasteiger partial charge in [0.25, 0.3) is 5.91 Å². The average molecular weight is 381 g/mol. The molecular formula is C20H23N5O3. The number of amides is 4. The van der Waals surface area contributed by atoms with Crippen LogP contribution in [0.25, 0.3) is 0 Å². The van der Waals surface area contributed by atoms with E-state index in [1.807, 2.05) is 10.7 Å². The molecule has 0 bridgehead atoms. The average Bonchev–Trinajstić information content (AvgIpc) is 3.41. The Balaban J connectivity index is 1.46. The summed E-state index contributed by atoms with van der Waals surface area (Å²) < 4.78 is 1.82. The van der Waals surface area contributed by atoms with Crippen molar-refractivity contribution in [2.75, 3.05) is 11.9 Å². The van der Waals surface area contributed by atoms with Crippen molar-refractivity contribution in [2.45, 2.75) is 44.2 Å². The molecule has 8 nitrogen and oxygen atoms in total. The van der Waals surface area contributed by atoms with Crippen molar-refractivity contribution in [1.29, 1.82) is 0 Å². The molecule has 1 aliphatic heterocycles. The van der Waals surface area contributed by atoms with E-state index in [0.717, 1.165) is 30.6 Å². The Morgan fingerprint density at radius 1 is 1.21 bits per heavy atom. The minimum Gasteiger partial charge on any atom is -0.319 e. The SMILES string of the molecule is C[C@@]1(c2ccccc2)NC(=O)N(CC(=O)Nc2ccnn2C2CCCC2)C1=O.